The maximum absolute atomic E-state index is 11.6. The van der Waals surface area contributed by atoms with E-state index >= 15 is 0 Å². The van der Waals surface area contributed by atoms with Crippen molar-refractivity contribution < 1.29 is 4.79 Å². The molecule has 0 spiro atoms. The summed E-state index contributed by atoms with van der Waals surface area (Å²) in [4.78, 5) is 25.7. The minimum atomic E-state index is -0.581. The Morgan fingerprint density at radius 2 is 1.89 bits per heavy atom. The number of nitrogens with zero attached hydrogens (tertiary/aromatic N) is 3. The van der Waals surface area contributed by atoms with Gasteiger partial charge in [0.1, 0.15) is 11.9 Å². The summed E-state index contributed by atoms with van der Waals surface area (Å²) in [5, 5.41) is 4.65. The highest BCUT2D eigenvalue weighted by Gasteiger charge is 2.34. The van der Waals surface area contributed by atoms with Crippen LogP contribution in [-0.4, -0.2) is 20.9 Å². The Labute approximate surface area is 154 Å². The molecule has 0 aliphatic carbocycles. The Balaban J connectivity index is 1.69. The number of carbonyl (C=O) groups is 1. The van der Waals surface area contributed by atoms with Crippen LogP contribution in [0.25, 0.3) is 10.9 Å². The van der Waals surface area contributed by atoms with E-state index in [4.69, 9.17) is 5.73 Å². The number of aromatic nitrogens is 3. The van der Waals surface area contributed by atoms with Crippen LogP contribution in [-0.2, 0) is 0 Å². The van der Waals surface area contributed by atoms with Crippen LogP contribution in [0.2, 0.25) is 0 Å². The van der Waals surface area contributed by atoms with Crippen molar-refractivity contribution in [1.82, 2.24) is 15.0 Å². The van der Waals surface area contributed by atoms with Crippen LogP contribution in [0.5, 0.6) is 0 Å². The second kappa shape index (κ2) is 5.84. The van der Waals surface area contributed by atoms with Crippen LogP contribution in [0.1, 0.15) is 22.2 Å². The van der Waals surface area contributed by atoms with Gasteiger partial charge in [0.2, 0.25) is 5.95 Å². The predicted octanol–water partition coefficient (Wildman–Crippen LogP) is 3.32. The van der Waals surface area contributed by atoms with Crippen LogP contribution >= 0.6 is 0 Å². The summed E-state index contributed by atoms with van der Waals surface area (Å²) in [5.41, 5.74) is 9.62. The molecule has 4 aromatic rings. The number of aromatic amines is 1. The van der Waals surface area contributed by atoms with E-state index in [0.717, 1.165) is 27.8 Å². The molecule has 1 aliphatic heterocycles. The smallest absolute Gasteiger partial charge is 0.267 e. The van der Waals surface area contributed by atoms with E-state index in [9.17, 15) is 4.79 Å². The molecule has 0 fully saturated rings. The normalized spacial score (nSPS) is 15.6. The van der Waals surface area contributed by atoms with Gasteiger partial charge in [-0.15, -0.1) is 0 Å². The quantitative estimate of drug-likeness (QED) is 0.523. The van der Waals surface area contributed by atoms with E-state index in [0.29, 0.717) is 5.95 Å². The summed E-state index contributed by atoms with van der Waals surface area (Å²) >= 11 is 0. The number of amides is 1. The fourth-order valence-corrected chi connectivity index (χ4v) is 3.52. The molecule has 7 nitrogen and oxygen atoms in total. The lowest BCUT2D eigenvalue weighted by Gasteiger charge is -2.25. The lowest BCUT2D eigenvalue weighted by Crippen LogP contribution is -2.26. The van der Waals surface area contributed by atoms with Gasteiger partial charge in [-0.25, -0.2) is 9.97 Å². The molecule has 3 heterocycles. The van der Waals surface area contributed by atoms with Gasteiger partial charge < -0.3 is 16.0 Å². The van der Waals surface area contributed by atoms with Gasteiger partial charge in [-0.2, -0.15) is 0 Å². The summed E-state index contributed by atoms with van der Waals surface area (Å²) < 4.78 is 0. The first-order valence-electron chi connectivity index (χ1n) is 8.56. The molecule has 0 saturated heterocycles. The Hall–Kier alpha value is -3.87. The van der Waals surface area contributed by atoms with Gasteiger partial charge in [0.25, 0.3) is 5.91 Å². The zero-order valence-electron chi connectivity index (χ0n) is 14.3. The van der Waals surface area contributed by atoms with Crippen molar-refractivity contribution in [2.75, 3.05) is 10.2 Å². The van der Waals surface area contributed by atoms with Crippen LogP contribution in [0, 0.1) is 0 Å². The average Bonchev–Trinajstić information content (AvgIpc) is 3.29. The number of rotatable bonds is 3. The van der Waals surface area contributed by atoms with Crippen molar-refractivity contribution in [2.24, 2.45) is 5.73 Å². The molecule has 2 aromatic carbocycles. The fraction of sp³-hybridized carbons (Fsp3) is 0.0500. The molecule has 0 radical (unpaired) electrons. The molecule has 1 unspecified atom stereocenters. The van der Waals surface area contributed by atoms with Gasteiger partial charge in [-0.05, 0) is 24.3 Å². The molecule has 1 aliphatic rings. The lowest BCUT2D eigenvalue weighted by atomic mass is 10.1. The highest BCUT2D eigenvalue weighted by molar-refractivity contribution is 5.92. The number of benzene rings is 2. The number of primary amides is 1. The summed E-state index contributed by atoms with van der Waals surface area (Å²) in [5.74, 6) is -0.165. The minimum absolute atomic E-state index is 0.182. The number of nitrogens with two attached hydrogens (primary N) is 1. The number of para-hydroxylation sites is 3. The minimum Gasteiger partial charge on any atom is -0.364 e. The van der Waals surface area contributed by atoms with Crippen molar-refractivity contribution in [3.8, 4) is 0 Å². The standard InChI is InChI=1S/C20H16N6O/c21-18(27)16-9-10-22-20(25-16)26-17-8-4-3-7-15(17)24-19(26)13-11-23-14-6-2-1-5-12(13)14/h1-11,19,23-24H,(H2,21,27). The van der Waals surface area contributed by atoms with Gasteiger partial charge in [-0.3, -0.25) is 9.69 Å². The number of H-pyrrole nitrogens is 1. The number of hydrogen-bond acceptors (Lipinski definition) is 5. The third kappa shape index (κ3) is 2.40. The second-order valence-electron chi connectivity index (χ2n) is 6.33. The average molecular weight is 356 g/mol. The van der Waals surface area contributed by atoms with Crippen LogP contribution in [0.4, 0.5) is 17.3 Å². The Morgan fingerprint density at radius 3 is 2.78 bits per heavy atom. The van der Waals surface area contributed by atoms with Crippen molar-refractivity contribution in [3.63, 3.8) is 0 Å². The zero-order valence-corrected chi connectivity index (χ0v) is 14.3. The number of hydrogen-bond donors (Lipinski definition) is 3. The van der Waals surface area contributed by atoms with Crippen LogP contribution in [0.15, 0.2) is 67.0 Å². The van der Waals surface area contributed by atoms with Crippen molar-refractivity contribution >= 4 is 34.1 Å². The predicted molar refractivity (Wildman–Crippen MR) is 104 cm³/mol. The lowest BCUT2D eigenvalue weighted by molar-refractivity contribution is 0.0995. The van der Waals surface area contributed by atoms with Crippen LogP contribution in [0.3, 0.4) is 0 Å². The molecule has 5 rings (SSSR count). The Bertz CT molecular complexity index is 1170. The second-order valence-corrected chi connectivity index (χ2v) is 6.33. The molecule has 1 atom stereocenters. The number of fused-ring (bicyclic) bond motifs is 2. The topological polar surface area (TPSA) is 99.9 Å². The molecule has 2 aromatic heterocycles. The number of carbonyl (C=O) groups excluding carboxylic acids is 1. The van der Waals surface area contributed by atoms with Gasteiger partial charge in [-0.1, -0.05) is 30.3 Å². The van der Waals surface area contributed by atoms with E-state index in [-0.39, 0.29) is 11.9 Å². The van der Waals surface area contributed by atoms with E-state index in [1.807, 2.05) is 53.6 Å². The third-order valence-corrected chi connectivity index (χ3v) is 4.74. The molecule has 7 heteroatoms. The van der Waals surface area contributed by atoms with Crippen molar-refractivity contribution in [2.45, 2.75) is 6.17 Å². The van der Waals surface area contributed by atoms with Crippen LogP contribution < -0.4 is 16.0 Å². The monoisotopic (exact) mass is 356 g/mol. The zero-order chi connectivity index (χ0) is 18.4. The maximum atomic E-state index is 11.6. The van der Waals surface area contributed by atoms with Gasteiger partial charge in [0.05, 0.1) is 11.4 Å². The molecule has 0 bridgehead atoms. The Morgan fingerprint density at radius 1 is 1.07 bits per heavy atom. The highest BCUT2D eigenvalue weighted by atomic mass is 16.1. The Kier molecular flexibility index (Phi) is 3.33. The summed E-state index contributed by atoms with van der Waals surface area (Å²) in [6.45, 7) is 0. The van der Waals surface area contributed by atoms with Gasteiger partial charge in [0.15, 0.2) is 0 Å². The van der Waals surface area contributed by atoms with E-state index in [2.05, 4.69) is 26.3 Å². The van der Waals surface area contributed by atoms with Crippen molar-refractivity contribution in [3.05, 3.63) is 78.2 Å². The first-order chi connectivity index (χ1) is 13.2. The molecule has 132 valence electrons. The summed E-state index contributed by atoms with van der Waals surface area (Å²) in [6.07, 6.45) is 3.32. The number of nitrogens with one attached hydrogen (secondary N) is 2. The van der Waals surface area contributed by atoms with Gasteiger partial charge >= 0.3 is 0 Å². The fourth-order valence-electron chi connectivity index (χ4n) is 3.52. The molecular formula is C20H16N6O. The van der Waals surface area contributed by atoms with Gasteiger partial charge in [0, 0.05) is 28.9 Å². The molecule has 4 N–H and O–H groups in total. The SMILES string of the molecule is NC(=O)c1ccnc(N2c3ccccc3NC2c2c[nH]c3ccccc23)n1. The maximum Gasteiger partial charge on any atom is 0.267 e. The van der Waals surface area contributed by atoms with E-state index in [1.54, 1.807) is 6.20 Å². The van der Waals surface area contributed by atoms with Crippen molar-refractivity contribution in [1.29, 1.82) is 0 Å². The summed E-state index contributed by atoms with van der Waals surface area (Å²) in [7, 11) is 0. The largest absolute Gasteiger partial charge is 0.364 e. The molecule has 1 amide bonds. The first-order valence-corrected chi connectivity index (χ1v) is 8.56. The number of anilines is 3. The highest BCUT2D eigenvalue weighted by Crippen LogP contribution is 2.45. The molecular weight excluding hydrogens is 340 g/mol. The molecule has 27 heavy (non-hydrogen) atoms. The van der Waals surface area contributed by atoms with E-state index in [1.165, 1.54) is 6.07 Å². The summed E-state index contributed by atoms with van der Waals surface area (Å²) in [6, 6.07) is 17.6. The first kappa shape index (κ1) is 15.4. The third-order valence-electron chi connectivity index (χ3n) is 4.74. The van der Waals surface area contributed by atoms with E-state index < -0.39 is 5.91 Å². The molecule has 0 saturated carbocycles.